The number of esters is 2. The Hall–Kier alpha value is -2.84. The Morgan fingerprint density at radius 2 is 1.07 bits per heavy atom. The van der Waals surface area contributed by atoms with E-state index in [0.29, 0.717) is 11.4 Å². The van der Waals surface area contributed by atoms with E-state index >= 15 is 0 Å². The zero-order valence-electron chi connectivity index (χ0n) is 17.0. The zero-order valence-corrected chi connectivity index (χ0v) is 18.6. The SMILES string of the molecule is COC(=O)c1c(SSc2c(C(=O)OC)n(C)c3ccccc23)c2ccccc2n1C. The molecule has 0 bridgehead atoms. The number of hydrogen-bond acceptors (Lipinski definition) is 6. The fraction of sp³-hybridized carbons (Fsp3) is 0.182. The molecule has 0 radical (unpaired) electrons. The van der Waals surface area contributed by atoms with Crippen LogP contribution in [-0.4, -0.2) is 35.3 Å². The lowest BCUT2D eigenvalue weighted by molar-refractivity contribution is 0.0577. The van der Waals surface area contributed by atoms with Crippen LogP contribution in [-0.2, 0) is 23.6 Å². The zero-order chi connectivity index (χ0) is 21.4. The predicted molar refractivity (Wildman–Crippen MR) is 120 cm³/mol. The van der Waals surface area contributed by atoms with Crippen molar-refractivity contribution in [3.05, 3.63) is 59.9 Å². The Labute approximate surface area is 181 Å². The summed E-state index contributed by atoms with van der Waals surface area (Å²) in [6.45, 7) is 0. The highest BCUT2D eigenvalue weighted by Gasteiger charge is 2.26. The van der Waals surface area contributed by atoms with Crippen molar-refractivity contribution in [2.45, 2.75) is 9.79 Å². The Bertz CT molecular complexity index is 1190. The summed E-state index contributed by atoms with van der Waals surface area (Å²) in [4.78, 5) is 26.7. The molecular weight excluding hydrogens is 420 g/mol. The summed E-state index contributed by atoms with van der Waals surface area (Å²) >= 11 is 0. The number of aromatic nitrogens is 2. The van der Waals surface area contributed by atoms with Crippen molar-refractivity contribution < 1.29 is 19.1 Å². The lowest BCUT2D eigenvalue weighted by Crippen LogP contribution is -2.09. The minimum absolute atomic E-state index is 0.400. The minimum atomic E-state index is -0.400. The summed E-state index contributed by atoms with van der Waals surface area (Å²) < 4.78 is 13.7. The Morgan fingerprint density at radius 3 is 1.43 bits per heavy atom. The Morgan fingerprint density at radius 1 is 0.700 bits per heavy atom. The van der Waals surface area contributed by atoms with E-state index in [1.165, 1.54) is 35.8 Å². The molecule has 4 rings (SSSR count). The molecule has 0 N–H and O–H groups in total. The second-order valence-corrected chi connectivity index (χ2v) is 8.81. The monoisotopic (exact) mass is 440 g/mol. The Balaban J connectivity index is 1.85. The van der Waals surface area contributed by atoms with Gasteiger partial charge in [0.2, 0.25) is 0 Å². The molecule has 2 aromatic heterocycles. The van der Waals surface area contributed by atoms with E-state index < -0.39 is 11.9 Å². The predicted octanol–water partition coefficient (Wildman–Crippen LogP) is 5.04. The van der Waals surface area contributed by atoms with Gasteiger partial charge in [-0.15, -0.1) is 0 Å². The number of fused-ring (bicyclic) bond motifs is 2. The third-order valence-electron chi connectivity index (χ3n) is 5.09. The van der Waals surface area contributed by atoms with Crippen LogP contribution in [0.1, 0.15) is 21.0 Å². The van der Waals surface area contributed by atoms with Crippen molar-refractivity contribution in [3.8, 4) is 0 Å². The number of methoxy groups -OCH3 is 2. The van der Waals surface area contributed by atoms with E-state index in [-0.39, 0.29) is 0 Å². The van der Waals surface area contributed by atoms with Crippen LogP contribution in [0.2, 0.25) is 0 Å². The quantitative estimate of drug-likeness (QED) is 0.320. The van der Waals surface area contributed by atoms with Gasteiger partial charge in [0.05, 0.1) is 24.0 Å². The second-order valence-electron chi connectivity index (χ2n) is 6.66. The lowest BCUT2D eigenvalue weighted by Gasteiger charge is -2.07. The first kappa shape index (κ1) is 20.4. The van der Waals surface area contributed by atoms with Gasteiger partial charge in [-0.1, -0.05) is 36.4 Å². The minimum Gasteiger partial charge on any atom is -0.464 e. The fourth-order valence-electron chi connectivity index (χ4n) is 3.62. The van der Waals surface area contributed by atoms with Gasteiger partial charge in [-0.05, 0) is 33.7 Å². The molecular formula is C22H20N2O4S2. The molecule has 0 saturated carbocycles. The van der Waals surface area contributed by atoms with Gasteiger partial charge in [-0.25, -0.2) is 9.59 Å². The number of hydrogen-bond donors (Lipinski definition) is 0. The lowest BCUT2D eigenvalue weighted by atomic mass is 10.2. The normalized spacial score (nSPS) is 11.2. The number of ether oxygens (including phenoxy) is 2. The summed E-state index contributed by atoms with van der Waals surface area (Å²) in [5, 5.41) is 1.91. The van der Waals surface area contributed by atoms with Gasteiger partial charge in [0.15, 0.2) is 0 Å². The van der Waals surface area contributed by atoms with Crippen molar-refractivity contribution in [2.75, 3.05) is 14.2 Å². The van der Waals surface area contributed by atoms with Gasteiger partial charge in [-0.3, -0.25) is 0 Å². The van der Waals surface area contributed by atoms with Crippen LogP contribution in [0.15, 0.2) is 58.3 Å². The number of rotatable bonds is 5. The van der Waals surface area contributed by atoms with Crippen molar-refractivity contribution in [3.63, 3.8) is 0 Å². The molecule has 0 aliphatic carbocycles. The maximum atomic E-state index is 12.5. The van der Waals surface area contributed by atoms with Gasteiger partial charge in [0, 0.05) is 35.9 Å². The molecule has 6 nitrogen and oxygen atoms in total. The van der Waals surface area contributed by atoms with Crippen molar-refractivity contribution in [1.82, 2.24) is 9.13 Å². The van der Waals surface area contributed by atoms with Crippen molar-refractivity contribution >= 4 is 55.3 Å². The summed E-state index contributed by atoms with van der Waals surface area (Å²) in [6, 6.07) is 15.6. The van der Waals surface area contributed by atoms with Crippen LogP contribution in [0.4, 0.5) is 0 Å². The summed E-state index contributed by atoms with van der Waals surface area (Å²) in [5.41, 5.74) is 2.84. The largest absolute Gasteiger partial charge is 0.464 e. The van der Waals surface area contributed by atoms with Crippen molar-refractivity contribution in [2.24, 2.45) is 14.1 Å². The molecule has 0 unspecified atom stereocenters. The van der Waals surface area contributed by atoms with E-state index in [0.717, 1.165) is 31.6 Å². The highest BCUT2D eigenvalue weighted by Crippen LogP contribution is 2.47. The van der Waals surface area contributed by atoms with Crippen LogP contribution in [0, 0.1) is 0 Å². The third-order valence-corrected chi connectivity index (χ3v) is 7.58. The van der Waals surface area contributed by atoms with Crippen LogP contribution >= 0.6 is 21.6 Å². The molecule has 8 heteroatoms. The molecule has 0 spiro atoms. The molecule has 2 aromatic carbocycles. The van der Waals surface area contributed by atoms with Crippen LogP contribution in [0.3, 0.4) is 0 Å². The first-order valence-corrected chi connectivity index (χ1v) is 11.3. The first-order chi connectivity index (χ1) is 14.5. The van der Waals surface area contributed by atoms with Gasteiger partial charge in [0.1, 0.15) is 11.4 Å². The summed E-state index contributed by atoms with van der Waals surface area (Å²) in [7, 11) is 9.33. The van der Waals surface area contributed by atoms with Gasteiger partial charge in [0.25, 0.3) is 0 Å². The van der Waals surface area contributed by atoms with E-state index in [1.807, 2.05) is 71.8 Å². The summed E-state index contributed by atoms with van der Waals surface area (Å²) in [5.74, 6) is -0.800. The molecule has 0 amide bonds. The average molecular weight is 441 g/mol. The summed E-state index contributed by atoms with van der Waals surface area (Å²) in [6.07, 6.45) is 0. The van der Waals surface area contributed by atoms with Gasteiger partial charge < -0.3 is 18.6 Å². The van der Waals surface area contributed by atoms with E-state index in [4.69, 9.17) is 9.47 Å². The number of benzene rings is 2. The maximum Gasteiger partial charge on any atom is 0.355 e. The van der Waals surface area contributed by atoms with Gasteiger partial charge >= 0.3 is 11.9 Å². The maximum absolute atomic E-state index is 12.5. The molecule has 30 heavy (non-hydrogen) atoms. The highest BCUT2D eigenvalue weighted by atomic mass is 33.1. The molecule has 2 heterocycles. The molecule has 0 atom stereocenters. The second kappa shape index (κ2) is 8.12. The standard InChI is InChI=1S/C22H20N2O4S2/c1-23-15-11-7-5-9-13(15)19(17(23)21(25)27-3)29-30-20-14-10-6-8-12-16(14)24(2)18(20)22(26)28-4/h5-12H,1-4H3. The van der Waals surface area contributed by atoms with Crippen LogP contribution in [0.5, 0.6) is 0 Å². The highest BCUT2D eigenvalue weighted by molar-refractivity contribution is 8.76. The molecule has 0 saturated heterocycles. The number of nitrogens with zero attached hydrogens (tertiary/aromatic N) is 2. The van der Waals surface area contributed by atoms with E-state index in [2.05, 4.69) is 0 Å². The van der Waals surface area contributed by atoms with Gasteiger partial charge in [-0.2, -0.15) is 0 Å². The van der Waals surface area contributed by atoms with E-state index in [9.17, 15) is 9.59 Å². The smallest absolute Gasteiger partial charge is 0.355 e. The topological polar surface area (TPSA) is 62.5 Å². The van der Waals surface area contributed by atoms with Crippen LogP contribution < -0.4 is 0 Å². The molecule has 0 aliphatic rings. The van der Waals surface area contributed by atoms with Crippen molar-refractivity contribution in [1.29, 1.82) is 0 Å². The van der Waals surface area contributed by atoms with E-state index in [1.54, 1.807) is 0 Å². The molecule has 154 valence electrons. The number of carbonyl (C=O) groups excluding carboxylic acids is 2. The average Bonchev–Trinajstić information content (AvgIpc) is 3.22. The fourth-order valence-corrected chi connectivity index (χ4v) is 6.42. The molecule has 0 aliphatic heterocycles. The number of aryl methyl sites for hydroxylation is 2. The van der Waals surface area contributed by atoms with Crippen LogP contribution in [0.25, 0.3) is 21.8 Å². The number of carbonyl (C=O) groups is 2. The first-order valence-electron chi connectivity index (χ1n) is 9.15. The number of para-hydroxylation sites is 2. The Kier molecular flexibility index (Phi) is 5.53. The third kappa shape index (κ3) is 3.16. The molecule has 4 aromatic rings. The molecule has 0 fully saturated rings.